The minimum atomic E-state index is -1.56. The van der Waals surface area contributed by atoms with E-state index in [1.807, 2.05) is 0 Å². The highest BCUT2D eigenvalue weighted by atomic mass is 16.5. The van der Waals surface area contributed by atoms with Gasteiger partial charge in [0.15, 0.2) is 12.4 Å². The maximum atomic E-state index is 12.6. The van der Waals surface area contributed by atoms with Crippen molar-refractivity contribution in [2.75, 3.05) is 20.7 Å². The molecule has 0 heterocycles. The average molecular weight is 442 g/mol. The van der Waals surface area contributed by atoms with Crippen LogP contribution in [0.5, 0.6) is 5.75 Å². The number of carbonyl (C=O) groups is 4. The Balaban J connectivity index is 1.93. The minimum absolute atomic E-state index is 0.219. The second-order valence-electron chi connectivity index (χ2n) is 6.78. The summed E-state index contributed by atoms with van der Waals surface area (Å²) in [5, 5.41) is 29.1. The largest absolute Gasteiger partial charge is 0.484 e. The summed E-state index contributed by atoms with van der Waals surface area (Å²) < 4.78 is 5.27. The lowest BCUT2D eigenvalue weighted by molar-refractivity contribution is -0.147. The molecule has 1 unspecified atom stereocenters. The summed E-state index contributed by atoms with van der Waals surface area (Å²) in [4.78, 5) is 46.1. The van der Waals surface area contributed by atoms with Crippen molar-refractivity contribution in [2.24, 2.45) is 10.3 Å². The van der Waals surface area contributed by atoms with Crippen molar-refractivity contribution < 1.29 is 34.1 Å². The summed E-state index contributed by atoms with van der Waals surface area (Å²) in [6, 6.07) is 11.1. The minimum Gasteiger partial charge on any atom is -0.484 e. The number of rotatable bonds is 11. The number of carboxylic acid groups (broad SMARTS) is 2. The number of nitrogens with zero attached hydrogens (tertiary/aromatic N) is 3. The van der Waals surface area contributed by atoms with E-state index in [9.17, 15) is 19.2 Å². The quantitative estimate of drug-likeness (QED) is 0.270. The molecule has 2 aromatic rings. The smallest absolute Gasteiger partial charge is 0.326 e. The second-order valence-corrected chi connectivity index (χ2v) is 6.78. The number of ketones is 1. The van der Waals surface area contributed by atoms with Crippen LogP contribution in [-0.4, -0.2) is 65.6 Å². The van der Waals surface area contributed by atoms with Crippen LogP contribution in [0.25, 0.3) is 0 Å². The van der Waals surface area contributed by atoms with E-state index < -0.39 is 36.9 Å². The van der Waals surface area contributed by atoms with Crippen LogP contribution in [0.1, 0.15) is 22.3 Å². The number of hydrogen-bond acceptors (Lipinski definition) is 7. The molecule has 2 rings (SSSR count). The van der Waals surface area contributed by atoms with E-state index >= 15 is 0 Å². The van der Waals surface area contributed by atoms with Crippen molar-refractivity contribution >= 4 is 29.3 Å². The molecule has 0 aliphatic heterocycles. The van der Waals surface area contributed by atoms with Gasteiger partial charge in [0.05, 0.1) is 12.1 Å². The predicted octanol–water partition coefficient (Wildman–Crippen LogP) is 1.90. The highest BCUT2D eigenvalue weighted by molar-refractivity contribution is 6.09. The average Bonchev–Trinajstić information content (AvgIpc) is 2.75. The molecule has 0 aromatic heterocycles. The third kappa shape index (κ3) is 7.52. The van der Waals surface area contributed by atoms with Crippen molar-refractivity contribution in [3.63, 3.8) is 0 Å². The zero-order valence-electron chi connectivity index (χ0n) is 17.4. The van der Waals surface area contributed by atoms with Crippen molar-refractivity contribution in [3.05, 3.63) is 59.7 Å². The molecule has 0 bridgehead atoms. The van der Waals surface area contributed by atoms with Crippen LogP contribution in [-0.2, 0) is 14.4 Å². The lowest BCUT2D eigenvalue weighted by Crippen LogP contribution is -2.44. The number of hydrogen-bond donors (Lipinski definition) is 3. The first-order valence-corrected chi connectivity index (χ1v) is 9.36. The molecule has 0 saturated heterocycles. The van der Waals surface area contributed by atoms with Crippen LogP contribution < -0.4 is 10.1 Å². The molecule has 32 heavy (non-hydrogen) atoms. The molecule has 0 fully saturated rings. The Morgan fingerprint density at radius 2 is 1.53 bits per heavy atom. The zero-order valence-corrected chi connectivity index (χ0v) is 17.4. The fraction of sp³-hybridized carbons (Fsp3) is 0.238. The van der Waals surface area contributed by atoms with Crippen molar-refractivity contribution in [3.8, 4) is 5.75 Å². The molecule has 0 spiro atoms. The number of ether oxygens (including phenoxy) is 1. The third-order valence-corrected chi connectivity index (χ3v) is 3.97. The van der Waals surface area contributed by atoms with E-state index in [-0.39, 0.29) is 11.5 Å². The standard InChI is InChI=1S/C21H22N4O7/c1-25(2)24-23-15-7-3-13(4-8-15)20(29)14-5-9-16(10-6-14)32-12-18(26)22-17(21(30)31)11-19(27)28/h3-10,17H,11-12H2,1-2H3,(H,22,26)(H,27,28)(H,30,31). The lowest BCUT2D eigenvalue weighted by Gasteiger charge is -2.13. The summed E-state index contributed by atoms with van der Waals surface area (Å²) in [5.41, 5.74) is 1.46. The van der Waals surface area contributed by atoms with Gasteiger partial charge >= 0.3 is 11.9 Å². The number of amides is 1. The van der Waals surface area contributed by atoms with Crippen LogP contribution in [0.3, 0.4) is 0 Å². The van der Waals surface area contributed by atoms with E-state index in [0.29, 0.717) is 16.8 Å². The maximum absolute atomic E-state index is 12.6. The molecule has 168 valence electrons. The van der Waals surface area contributed by atoms with E-state index in [1.165, 1.54) is 24.3 Å². The van der Waals surface area contributed by atoms with Gasteiger partial charge in [-0.05, 0) is 48.5 Å². The van der Waals surface area contributed by atoms with Gasteiger partial charge in [-0.1, -0.05) is 5.22 Å². The Labute approximate surface area is 183 Å². The summed E-state index contributed by atoms with van der Waals surface area (Å²) in [7, 11) is 3.49. The topological polar surface area (TPSA) is 158 Å². The first-order valence-electron chi connectivity index (χ1n) is 9.36. The monoisotopic (exact) mass is 442 g/mol. The first-order chi connectivity index (χ1) is 15.2. The fourth-order valence-corrected chi connectivity index (χ4v) is 2.45. The molecule has 1 atom stereocenters. The van der Waals surface area contributed by atoms with Gasteiger partial charge in [0, 0.05) is 25.2 Å². The van der Waals surface area contributed by atoms with E-state index in [2.05, 4.69) is 15.7 Å². The van der Waals surface area contributed by atoms with Gasteiger partial charge in [-0.3, -0.25) is 19.4 Å². The molecule has 11 heteroatoms. The molecular weight excluding hydrogens is 420 g/mol. The lowest BCUT2D eigenvalue weighted by atomic mass is 10.0. The highest BCUT2D eigenvalue weighted by Crippen LogP contribution is 2.18. The van der Waals surface area contributed by atoms with Gasteiger partial charge in [0.1, 0.15) is 11.8 Å². The number of benzene rings is 2. The first kappa shape index (κ1) is 24.0. The van der Waals surface area contributed by atoms with Crippen molar-refractivity contribution in [2.45, 2.75) is 12.5 Å². The zero-order chi connectivity index (χ0) is 23.7. The summed E-state index contributed by atoms with van der Waals surface area (Å²) in [6.45, 7) is -0.514. The highest BCUT2D eigenvalue weighted by Gasteiger charge is 2.23. The van der Waals surface area contributed by atoms with Gasteiger partial charge in [0.2, 0.25) is 0 Å². The van der Waals surface area contributed by atoms with E-state index in [1.54, 1.807) is 43.4 Å². The van der Waals surface area contributed by atoms with Crippen LogP contribution >= 0.6 is 0 Å². The Morgan fingerprint density at radius 1 is 0.969 bits per heavy atom. The molecule has 0 aliphatic rings. The molecule has 11 nitrogen and oxygen atoms in total. The summed E-state index contributed by atoms with van der Waals surface area (Å²) in [5.74, 6) is -3.54. The van der Waals surface area contributed by atoms with Gasteiger partial charge in [-0.25, -0.2) is 4.79 Å². The molecule has 0 saturated carbocycles. The third-order valence-electron chi connectivity index (χ3n) is 3.97. The van der Waals surface area contributed by atoms with Gasteiger partial charge in [0.25, 0.3) is 5.91 Å². The van der Waals surface area contributed by atoms with Gasteiger partial charge in [-0.2, -0.15) is 0 Å². The number of carboxylic acids is 2. The van der Waals surface area contributed by atoms with E-state index in [4.69, 9.17) is 14.9 Å². The Morgan fingerprint density at radius 3 is 2.03 bits per heavy atom. The normalized spacial score (nSPS) is 11.6. The molecular formula is C21H22N4O7. The second kappa shape index (κ2) is 11.2. The molecule has 0 radical (unpaired) electrons. The van der Waals surface area contributed by atoms with Gasteiger partial charge in [-0.15, -0.1) is 5.11 Å². The molecule has 0 aliphatic carbocycles. The van der Waals surface area contributed by atoms with Crippen molar-refractivity contribution in [1.82, 2.24) is 10.3 Å². The van der Waals surface area contributed by atoms with E-state index in [0.717, 1.165) is 0 Å². The summed E-state index contributed by atoms with van der Waals surface area (Å²) >= 11 is 0. The van der Waals surface area contributed by atoms with Crippen LogP contribution in [0.4, 0.5) is 5.69 Å². The number of carbonyl (C=O) groups excluding carboxylic acids is 2. The Kier molecular flexibility index (Phi) is 8.40. The Hall–Kier alpha value is -4.28. The fourth-order valence-electron chi connectivity index (χ4n) is 2.45. The SMILES string of the molecule is CN(C)N=Nc1ccc(C(=O)c2ccc(OCC(=O)NC(CC(=O)O)C(=O)O)cc2)cc1. The molecule has 2 aromatic carbocycles. The van der Waals surface area contributed by atoms with Crippen molar-refractivity contribution in [1.29, 1.82) is 0 Å². The maximum Gasteiger partial charge on any atom is 0.326 e. The van der Waals surface area contributed by atoms with Crippen LogP contribution in [0, 0.1) is 0 Å². The predicted molar refractivity (Wildman–Crippen MR) is 112 cm³/mol. The van der Waals surface area contributed by atoms with Crippen LogP contribution in [0.2, 0.25) is 0 Å². The van der Waals surface area contributed by atoms with Gasteiger partial charge < -0.3 is 20.3 Å². The summed E-state index contributed by atoms with van der Waals surface area (Å²) in [6.07, 6.45) is -0.753. The molecule has 3 N–H and O–H groups in total. The molecule has 1 amide bonds. The van der Waals surface area contributed by atoms with Crippen LogP contribution in [0.15, 0.2) is 58.9 Å². The number of nitrogens with one attached hydrogen (secondary N) is 1. The Bertz CT molecular complexity index is 1000. The number of aliphatic carboxylic acids is 2.